The van der Waals surface area contributed by atoms with Crippen LogP contribution in [0.25, 0.3) is 5.69 Å². The van der Waals surface area contributed by atoms with E-state index in [1.807, 2.05) is 37.3 Å². The normalized spacial score (nSPS) is 11.3. The molecule has 27 heavy (non-hydrogen) atoms. The number of benzene rings is 2. The molecular weight excluding hydrogens is 366 g/mol. The Balaban J connectivity index is 1.90. The average Bonchev–Trinajstić information content (AvgIpc) is 2.69. The summed E-state index contributed by atoms with van der Waals surface area (Å²) in [5, 5.41) is 5.00. The van der Waals surface area contributed by atoms with Crippen molar-refractivity contribution in [2.24, 2.45) is 4.99 Å². The first-order valence-electron chi connectivity index (χ1n) is 8.46. The van der Waals surface area contributed by atoms with E-state index in [4.69, 9.17) is 21.1 Å². The lowest BCUT2D eigenvalue weighted by Crippen LogP contribution is -2.16. The zero-order valence-electron chi connectivity index (χ0n) is 14.7. The van der Waals surface area contributed by atoms with Gasteiger partial charge in [0, 0.05) is 6.07 Å². The molecule has 3 aromatic rings. The number of amides is 1. The Labute approximate surface area is 161 Å². The average molecular weight is 384 g/mol. The Bertz CT molecular complexity index is 987. The zero-order chi connectivity index (χ0) is 19.1. The number of aromatic nitrogens is 2. The van der Waals surface area contributed by atoms with Crippen LogP contribution in [0.5, 0.6) is 11.6 Å². The van der Waals surface area contributed by atoms with Crippen LogP contribution in [0, 0.1) is 0 Å². The molecule has 0 aliphatic carbocycles. The first-order valence-corrected chi connectivity index (χ1v) is 8.84. The van der Waals surface area contributed by atoms with Gasteiger partial charge in [0.15, 0.2) is 5.75 Å². The second-order valence-electron chi connectivity index (χ2n) is 5.56. The topological polar surface area (TPSA) is 65.7 Å². The third kappa shape index (κ3) is 4.95. The maximum absolute atomic E-state index is 12.1. The van der Waals surface area contributed by atoms with E-state index in [0.29, 0.717) is 22.9 Å². The molecule has 0 N–H and O–H groups in total. The molecule has 0 radical (unpaired) electrons. The molecule has 0 bridgehead atoms. The van der Waals surface area contributed by atoms with Gasteiger partial charge in [0.1, 0.15) is 0 Å². The molecule has 138 valence electrons. The Morgan fingerprint density at radius 3 is 2.63 bits per heavy atom. The summed E-state index contributed by atoms with van der Waals surface area (Å²) in [7, 11) is 0. The maximum Gasteiger partial charge on any atom is 0.439 e. The summed E-state index contributed by atoms with van der Waals surface area (Å²) in [5.74, 6) is 0.730. The zero-order valence-corrected chi connectivity index (χ0v) is 15.5. The predicted molar refractivity (Wildman–Crippen MR) is 102 cm³/mol. The van der Waals surface area contributed by atoms with Gasteiger partial charge in [-0.15, -0.1) is 0 Å². The predicted octanol–water partition coefficient (Wildman–Crippen LogP) is 4.41. The van der Waals surface area contributed by atoms with Crippen molar-refractivity contribution in [3.8, 4) is 17.3 Å². The third-order valence-electron chi connectivity index (χ3n) is 3.49. The van der Waals surface area contributed by atoms with Gasteiger partial charge in [0.05, 0.1) is 28.9 Å². The van der Waals surface area contributed by atoms with Crippen LogP contribution in [0.4, 0.5) is 4.79 Å². The number of halogens is 1. The third-order valence-corrected chi connectivity index (χ3v) is 3.81. The van der Waals surface area contributed by atoms with Gasteiger partial charge in [0.25, 0.3) is 0 Å². The van der Waals surface area contributed by atoms with E-state index in [1.54, 1.807) is 35.0 Å². The molecule has 0 aliphatic heterocycles. The van der Waals surface area contributed by atoms with Crippen LogP contribution in [-0.4, -0.2) is 22.5 Å². The standard InChI is InChI=1S/C20H18ClN3O3/c1-2-12-26-19-13-15(14-22-24(19)16-8-4-3-5-9-16)23-20(25)27-18-11-7-6-10-17(18)21/h3-11,13-14H,2,12H2,1H3. The maximum atomic E-state index is 12.1. The molecule has 6 nitrogen and oxygen atoms in total. The van der Waals surface area contributed by atoms with E-state index in [9.17, 15) is 4.79 Å². The number of hydrogen-bond donors (Lipinski definition) is 0. The lowest BCUT2D eigenvalue weighted by Gasteiger charge is -2.12. The summed E-state index contributed by atoms with van der Waals surface area (Å²) in [6.07, 6.45) is 1.52. The van der Waals surface area contributed by atoms with Crippen LogP contribution in [0.15, 0.2) is 71.9 Å². The summed E-state index contributed by atoms with van der Waals surface area (Å²) in [4.78, 5) is 16.0. The Kier molecular flexibility index (Phi) is 6.22. The Morgan fingerprint density at radius 2 is 1.89 bits per heavy atom. The fourth-order valence-corrected chi connectivity index (χ4v) is 2.46. The minimum absolute atomic E-state index is 0.249. The molecule has 0 unspecified atom stereocenters. The largest absolute Gasteiger partial charge is 0.478 e. The van der Waals surface area contributed by atoms with Crippen molar-refractivity contribution in [1.29, 1.82) is 0 Å². The van der Waals surface area contributed by atoms with Crippen molar-refractivity contribution in [2.45, 2.75) is 13.3 Å². The molecule has 1 aromatic heterocycles. The number of para-hydroxylation sites is 2. The van der Waals surface area contributed by atoms with Crippen LogP contribution >= 0.6 is 11.6 Å². The van der Waals surface area contributed by atoms with E-state index < -0.39 is 6.09 Å². The minimum atomic E-state index is -0.788. The molecule has 0 aliphatic rings. The quantitative estimate of drug-likeness (QED) is 0.654. The smallest absolute Gasteiger partial charge is 0.439 e. The van der Waals surface area contributed by atoms with Crippen LogP contribution in [0.1, 0.15) is 13.3 Å². The summed E-state index contributed by atoms with van der Waals surface area (Å²) in [6.45, 7) is 2.53. The first-order chi connectivity index (χ1) is 13.2. The van der Waals surface area contributed by atoms with E-state index in [-0.39, 0.29) is 5.75 Å². The monoisotopic (exact) mass is 383 g/mol. The van der Waals surface area contributed by atoms with Crippen molar-refractivity contribution < 1.29 is 14.3 Å². The van der Waals surface area contributed by atoms with Gasteiger partial charge in [-0.2, -0.15) is 10.1 Å². The number of hydrogen-bond acceptors (Lipinski definition) is 4. The van der Waals surface area contributed by atoms with Crippen LogP contribution in [-0.2, 0) is 0 Å². The van der Waals surface area contributed by atoms with Gasteiger partial charge in [0.2, 0.25) is 5.88 Å². The second kappa shape index (κ2) is 9.00. The summed E-state index contributed by atoms with van der Waals surface area (Å²) in [6, 6.07) is 17.9. The Morgan fingerprint density at radius 1 is 1.15 bits per heavy atom. The first kappa shape index (κ1) is 18.7. The van der Waals surface area contributed by atoms with Gasteiger partial charge in [-0.25, -0.2) is 9.48 Å². The molecule has 7 heteroatoms. The Hall–Kier alpha value is -3.12. The lowest BCUT2D eigenvalue weighted by molar-refractivity contribution is 0.210. The number of rotatable bonds is 5. The molecule has 0 saturated heterocycles. The highest BCUT2D eigenvalue weighted by Gasteiger charge is 2.08. The fraction of sp³-hybridized carbons (Fsp3) is 0.150. The van der Waals surface area contributed by atoms with Crippen molar-refractivity contribution in [3.05, 3.63) is 77.2 Å². The van der Waals surface area contributed by atoms with Crippen LogP contribution in [0.3, 0.4) is 0 Å². The number of carbonyl (C=O) groups excluding carboxylic acids is 1. The number of nitrogens with zero attached hydrogens (tertiary/aromatic N) is 3. The van der Waals surface area contributed by atoms with E-state index in [2.05, 4.69) is 10.1 Å². The molecular formula is C20H18ClN3O3. The highest BCUT2D eigenvalue weighted by atomic mass is 35.5. The highest BCUT2D eigenvalue weighted by Crippen LogP contribution is 2.23. The summed E-state index contributed by atoms with van der Waals surface area (Å²) in [5.41, 5.74) is 0.841. The van der Waals surface area contributed by atoms with Gasteiger partial charge >= 0.3 is 6.09 Å². The van der Waals surface area contributed by atoms with Crippen molar-refractivity contribution in [3.63, 3.8) is 0 Å². The fourth-order valence-electron chi connectivity index (χ4n) is 2.28. The molecule has 0 saturated carbocycles. The van der Waals surface area contributed by atoms with E-state index >= 15 is 0 Å². The van der Waals surface area contributed by atoms with Gasteiger partial charge in [-0.05, 0) is 30.7 Å². The molecule has 1 heterocycles. The van der Waals surface area contributed by atoms with Gasteiger partial charge < -0.3 is 9.47 Å². The van der Waals surface area contributed by atoms with Crippen LogP contribution < -0.4 is 14.8 Å². The van der Waals surface area contributed by atoms with Crippen molar-refractivity contribution >= 4 is 17.7 Å². The van der Waals surface area contributed by atoms with Crippen LogP contribution in [0.2, 0.25) is 5.02 Å². The molecule has 0 fully saturated rings. The second-order valence-corrected chi connectivity index (χ2v) is 5.97. The van der Waals surface area contributed by atoms with Crippen molar-refractivity contribution in [1.82, 2.24) is 9.78 Å². The van der Waals surface area contributed by atoms with E-state index in [1.165, 1.54) is 6.20 Å². The SMILES string of the molecule is CCCOc1cc(=NC(=O)Oc2ccccc2Cl)cnn1-c1ccccc1. The van der Waals surface area contributed by atoms with E-state index in [0.717, 1.165) is 12.1 Å². The summed E-state index contributed by atoms with van der Waals surface area (Å²) < 4.78 is 12.6. The lowest BCUT2D eigenvalue weighted by atomic mass is 10.3. The summed E-state index contributed by atoms with van der Waals surface area (Å²) >= 11 is 5.99. The molecule has 0 spiro atoms. The van der Waals surface area contributed by atoms with Gasteiger partial charge in [-0.3, -0.25) is 0 Å². The molecule has 3 rings (SSSR count). The number of carbonyl (C=O) groups is 1. The number of ether oxygens (including phenoxy) is 2. The van der Waals surface area contributed by atoms with Crippen molar-refractivity contribution in [2.75, 3.05) is 6.61 Å². The molecule has 1 amide bonds. The minimum Gasteiger partial charge on any atom is -0.478 e. The highest BCUT2D eigenvalue weighted by molar-refractivity contribution is 6.32. The van der Waals surface area contributed by atoms with Gasteiger partial charge in [-0.1, -0.05) is 48.9 Å². The molecule has 2 aromatic carbocycles. The molecule has 0 atom stereocenters.